The van der Waals surface area contributed by atoms with E-state index < -0.39 is 0 Å². The summed E-state index contributed by atoms with van der Waals surface area (Å²) in [6, 6.07) is 9.85. The molecule has 0 N–H and O–H groups in total. The van der Waals surface area contributed by atoms with Gasteiger partial charge in [0.1, 0.15) is 5.78 Å². The molecule has 1 aliphatic heterocycles. The van der Waals surface area contributed by atoms with E-state index >= 15 is 0 Å². The van der Waals surface area contributed by atoms with E-state index in [0.717, 1.165) is 5.56 Å². The minimum absolute atomic E-state index is 0.0419. The van der Waals surface area contributed by atoms with Gasteiger partial charge in [0.15, 0.2) is 0 Å². The lowest BCUT2D eigenvalue weighted by Crippen LogP contribution is -2.20. The first-order valence-electron chi connectivity index (χ1n) is 5.87. The predicted molar refractivity (Wildman–Crippen MR) is 63.4 cm³/mol. The predicted octanol–water partition coefficient (Wildman–Crippen LogP) is 2.00. The van der Waals surface area contributed by atoms with E-state index in [1.165, 1.54) is 0 Å². The van der Waals surface area contributed by atoms with E-state index in [2.05, 4.69) is 0 Å². The van der Waals surface area contributed by atoms with Crippen LogP contribution in [0.15, 0.2) is 30.3 Å². The molecular weight excluding hydrogens is 216 g/mol. The maximum Gasteiger partial charge on any atom is 0.309 e. The van der Waals surface area contributed by atoms with Gasteiger partial charge in [-0.1, -0.05) is 30.3 Å². The zero-order valence-electron chi connectivity index (χ0n) is 9.89. The first-order valence-corrected chi connectivity index (χ1v) is 5.87. The van der Waals surface area contributed by atoms with Crippen molar-refractivity contribution in [2.45, 2.75) is 19.8 Å². The Balaban J connectivity index is 2.06. The van der Waals surface area contributed by atoms with Crippen molar-refractivity contribution in [3.8, 4) is 0 Å². The van der Waals surface area contributed by atoms with Gasteiger partial charge in [0.05, 0.1) is 12.5 Å². The number of ether oxygens (including phenoxy) is 1. The quantitative estimate of drug-likeness (QED) is 0.746. The van der Waals surface area contributed by atoms with Crippen LogP contribution in [0.4, 0.5) is 0 Å². The van der Waals surface area contributed by atoms with E-state index in [0.29, 0.717) is 19.4 Å². The first-order chi connectivity index (χ1) is 8.16. The van der Waals surface area contributed by atoms with Crippen LogP contribution >= 0.6 is 0 Å². The smallest absolute Gasteiger partial charge is 0.309 e. The highest BCUT2D eigenvalue weighted by Gasteiger charge is 2.37. The normalized spacial score (nSPS) is 23.5. The molecule has 17 heavy (non-hydrogen) atoms. The van der Waals surface area contributed by atoms with Gasteiger partial charge in [-0.3, -0.25) is 4.79 Å². The van der Waals surface area contributed by atoms with Crippen LogP contribution in [0.5, 0.6) is 0 Å². The van der Waals surface area contributed by atoms with Crippen LogP contribution in [-0.4, -0.2) is 18.4 Å². The summed E-state index contributed by atoms with van der Waals surface area (Å²) in [4.78, 5) is 22.8. The van der Waals surface area contributed by atoms with E-state index in [9.17, 15) is 9.59 Å². The molecule has 0 aliphatic carbocycles. The topological polar surface area (TPSA) is 43.4 Å². The molecule has 2 rings (SSSR count). The average Bonchev–Trinajstić information content (AvgIpc) is 2.62. The fraction of sp³-hybridized carbons (Fsp3) is 0.429. The minimum atomic E-state index is -0.167. The number of benzene rings is 1. The van der Waals surface area contributed by atoms with Crippen molar-refractivity contribution in [1.82, 2.24) is 0 Å². The Morgan fingerprint density at radius 1 is 1.35 bits per heavy atom. The number of esters is 1. The summed E-state index contributed by atoms with van der Waals surface area (Å²) < 4.78 is 5.06. The SMILES string of the molecule is CC(=O)CC1COC(=O)C1Cc1ccccc1. The lowest BCUT2D eigenvalue weighted by molar-refractivity contribution is -0.141. The van der Waals surface area contributed by atoms with Gasteiger partial charge in [-0.25, -0.2) is 0 Å². The van der Waals surface area contributed by atoms with Gasteiger partial charge in [0.2, 0.25) is 0 Å². The van der Waals surface area contributed by atoms with E-state index in [-0.39, 0.29) is 23.6 Å². The zero-order chi connectivity index (χ0) is 12.3. The van der Waals surface area contributed by atoms with Gasteiger partial charge >= 0.3 is 5.97 Å². The third kappa shape index (κ3) is 2.93. The molecule has 1 aliphatic rings. The Kier molecular flexibility index (Phi) is 3.57. The summed E-state index contributed by atoms with van der Waals surface area (Å²) in [6.07, 6.45) is 1.10. The molecule has 0 aromatic heterocycles. The largest absolute Gasteiger partial charge is 0.465 e. The van der Waals surface area contributed by atoms with Crippen molar-refractivity contribution >= 4 is 11.8 Å². The Labute approximate surface area is 101 Å². The van der Waals surface area contributed by atoms with Gasteiger partial charge in [-0.15, -0.1) is 0 Å². The number of cyclic esters (lactones) is 1. The monoisotopic (exact) mass is 232 g/mol. The highest BCUT2D eigenvalue weighted by atomic mass is 16.5. The summed E-state index contributed by atoms with van der Waals surface area (Å²) >= 11 is 0. The highest BCUT2D eigenvalue weighted by Crippen LogP contribution is 2.28. The molecule has 1 fully saturated rings. The molecule has 0 radical (unpaired) electrons. The van der Waals surface area contributed by atoms with Crippen LogP contribution in [0, 0.1) is 11.8 Å². The van der Waals surface area contributed by atoms with E-state index in [1.54, 1.807) is 6.92 Å². The van der Waals surface area contributed by atoms with Crippen molar-refractivity contribution in [1.29, 1.82) is 0 Å². The van der Waals surface area contributed by atoms with Crippen LogP contribution < -0.4 is 0 Å². The molecule has 1 heterocycles. The summed E-state index contributed by atoms with van der Waals surface area (Å²) in [5.41, 5.74) is 1.12. The molecule has 0 bridgehead atoms. The van der Waals surface area contributed by atoms with Crippen LogP contribution in [0.25, 0.3) is 0 Å². The Morgan fingerprint density at radius 3 is 2.71 bits per heavy atom. The molecule has 2 unspecified atom stereocenters. The number of ketones is 1. The minimum Gasteiger partial charge on any atom is -0.465 e. The molecule has 1 aromatic rings. The van der Waals surface area contributed by atoms with Crippen molar-refractivity contribution < 1.29 is 14.3 Å². The molecule has 3 nitrogen and oxygen atoms in total. The second-order valence-electron chi connectivity index (χ2n) is 4.59. The molecule has 90 valence electrons. The van der Waals surface area contributed by atoms with Gasteiger partial charge in [-0.05, 0) is 18.9 Å². The summed E-state index contributed by atoms with van der Waals surface area (Å²) in [5, 5.41) is 0. The number of hydrogen-bond donors (Lipinski definition) is 0. The number of carbonyl (C=O) groups excluding carboxylic acids is 2. The van der Waals surface area contributed by atoms with Gasteiger partial charge < -0.3 is 9.53 Å². The van der Waals surface area contributed by atoms with Crippen LogP contribution in [0.2, 0.25) is 0 Å². The molecule has 1 aromatic carbocycles. The molecule has 0 spiro atoms. The van der Waals surface area contributed by atoms with Crippen LogP contribution in [0.3, 0.4) is 0 Å². The maximum absolute atomic E-state index is 11.6. The molecule has 0 saturated carbocycles. The fourth-order valence-corrected chi connectivity index (χ4v) is 2.29. The van der Waals surface area contributed by atoms with Gasteiger partial charge in [0, 0.05) is 12.3 Å². The number of Topliss-reactive ketones (excluding diaryl/α,β-unsaturated/α-hetero) is 1. The summed E-state index contributed by atoms with van der Waals surface area (Å²) in [6.45, 7) is 1.94. The first kappa shape index (κ1) is 11.8. The van der Waals surface area contributed by atoms with Crippen molar-refractivity contribution in [3.05, 3.63) is 35.9 Å². The van der Waals surface area contributed by atoms with Crippen molar-refractivity contribution in [2.24, 2.45) is 11.8 Å². The molecule has 3 heteroatoms. The second-order valence-corrected chi connectivity index (χ2v) is 4.59. The molecule has 0 amide bonds. The van der Waals surface area contributed by atoms with Crippen LogP contribution in [0.1, 0.15) is 18.9 Å². The fourth-order valence-electron chi connectivity index (χ4n) is 2.29. The zero-order valence-corrected chi connectivity index (χ0v) is 9.89. The molecule has 2 atom stereocenters. The van der Waals surface area contributed by atoms with Crippen molar-refractivity contribution in [3.63, 3.8) is 0 Å². The third-order valence-electron chi connectivity index (χ3n) is 3.16. The lowest BCUT2D eigenvalue weighted by atomic mass is 9.86. The Hall–Kier alpha value is -1.64. The highest BCUT2D eigenvalue weighted by molar-refractivity contribution is 5.79. The van der Waals surface area contributed by atoms with Gasteiger partial charge in [-0.2, -0.15) is 0 Å². The van der Waals surface area contributed by atoms with E-state index in [1.807, 2.05) is 30.3 Å². The maximum atomic E-state index is 11.6. The number of carbonyl (C=O) groups is 2. The third-order valence-corrected chi connectivity index (χ3v) is 3.16. The standard InChI is InChI=1S/C14H16O3/c1-10(15)7-12-9-17-14(16)13(12)8-11-5-3-2-4-6-11/h2-6,12-13H,7-9H2,1H3. The molecule has 1 saturated heterocycles. The van der Waals surface area contributed by atoms with Gasteiger partial charge in [0.25, 0.3) is 0 Å². The average molecular weight is 232 g/mol. The summed E-state index contributed by atoms with van der Waals surface area (Å²) in [5.74, 6) is -0.173. The Bertz CT molecular complexity index is 411. The second kappa shape index (κ2) is 5.13. The lowest BCUT2D eigenvalue weighted by Gasteiger charge is -2.13. The van der Waals surface area contributed by atoms with Crippen molar-refractivity contribution in [2.75, 3.05) is 6.61 Å². The summed E-state index contributed by atoms with van der Waals surface area (Å²) in [7, 11) is 0. The number of rotatable bonds is 4. The van der Waals surface area contributed by atoms with E-state index in [4.69, 9.17) is 4.74 Å². The Morgan fingerprint density at radius 2 is 2.06 bits per heavy atom. The molecular formula is C14H16O3. The number of hydrogen-bond acceptors (Lipinski definition) is 3. The van der Waals surface area contributed by atoms with Crippen LogP contribution in [-0.2, 0) is 20.7 Å².